The minimum atomic E-state index is -3.61. The number of sulfonamides is 1. The van der Waals surface area contributed by atoms with Crippen LogP contribution < -0.4 is 10.5 Å². The van der Waals surface area contributed by atoms with Crippen LogP contribution in [0.2, 0.25) is 0 Å². The summed E-state index contributed by atoms with van der Waals surface area (Å²) in [4.78, 5) is 0.191. The predicted molar refractivity (Wildman–Crippen MR) is 84.5 cm³/mol. The summed E-state index contributed by atoms with van der Waals surface area (Å²) < 4.78 is 39.5. The van der Waals surface area contributed by atoms with Gasteiger partial charge in [-0.15, -0.1) is 0 Å². The molecule has 0 aliphatic carbocycles. The Bertz CT molecular complexity index is 636. The summed E-state index contributed by atoms with van der Waals surface area (Å²) in [7, 11) is -4.42. The number of nitrogens with two attached hydrogens (primary N) is 1. The van der Waals surface area contributed by atoms with Crippen molar-refractivity contribution in [1.29, 1.82) is 0 Å². The van der Waals surface area contributed by atoms with Crippen molar-refractivity contribution in [3.8, 4) is 0 Å². The Morgan fingerprint density at radius 3 is 2.55 bits per heavy atom. The standard InChI is InChI=1S/C12H17BrN2O3S2/c1-8-11(14)6-9(13)7-12(8)20(17,18)15-10-2-4-19(16)5-3-10/h6-7,10,15H,2-5,14H2,1H3. The first-order valence-electron chi connectivity index (χ1n) is 6.22. The van der Waals surface area contributed by atoms with Crippen LogP contribution in [0.5, 0.6) is 0 Å². The van der Waals surface area contributed by atoms with Gasteiger partial charge in [-0.05, 0) is 37.5 Å². The third-order valence-corrected chi connectivity index (χ3v) is 6.85. The third-order valence-electron chi connectivity index (χ3n) is 3.36. The zero-order valence-electron chi connectivity index (χ0n) is 11.1. The average Bonchev–Trinajstić information content (AvgIpc) is 2.36. The molecule has 3 N–H and O–H groups in total. The molecule has 1 fully saturated rings. The molecule has 0 aromatic heterocycles. The van der Waals surface area contributed by atoms with Gasteiger partial charge in [-0.2, -0.15) is 0 Å². The summed E-state index contributed by atoms with van der Waals surface area (Å²) in [6.07, 6.45) is 1.21. The minimum absolute atomic E-state index is 0.155. The van der Waals surface area contributed by atoms with Gasteiger partial charge in [0.05, 0.1) is 4.90 Å². The zero-order valence-corrected chi connectivity index (χ0v) is 14.3. The van der Waals surface area contributed by atoms with Crippen LogP contribution in [0.1, 0.15) is 18.4 Å². The monoisotopic (exact) mass is 380 g/mol. The van der Waals surface area contributed by atoms with E-state index in [-0.39, 0.29) is 10.9 Å². The fraction of sp³-hybridized carbons (Fsp3) is 0.500. The lowest BCUT2D eigenvalue weighted by Gasteiger charge is -2.23. The number of nitrogens with one attached hydrogen (secondary N) is 1. The van der Waals surface area contributed by atoms with Crippen molar-refractivity contribution in [1.82, 2.24) is 4.72 Å². The topological polar surface area (TPSA) is 89.3 Å². The van der Waals surface area contributed by atoms with Gasteiger partial charge in [0.15, 0.2) is 0 Å². The molecule has 0 bridgehead atoms. The van der Waals surface area contributed by atoms with Gasteiger partial charge in [0.2, 0.25) is 10.0 Å². The highest BCUT2D eigenvalue weighted by molar-refractivity contribution is 9.10. The van der Waals surface area contributed by atoms with Gasteiger partial charge < -0.3 is 5.73 Å². The van der Waals surface area contributed by atoms with E-state index in [9.17, 15) is 12.6 Å². The quantitative estimate of drug-likeness (QED) is 0.778. The van der Waals surface area contributed by atoms with E-state index < -0.39 is 20.8 Å². The van der Waals surface area contributed by atoms with Crippen LogP contribution in [-0.4, -0.2) is 30.2 Å². The molecule has 0 unspecified atom stereocenters. The first kappa shape index (κ1) is 15.9. The fourth-order valence-corrected chi connectivity index (χ4v) is 5.68. The van der Waals surface area contributed by atoms with Gasteiger partial charge in [0.1, 0.15) is 0 Å². The van der Waals surface area contributed by atoms with E-state index in [1.54, 1.807) is 19.1 Å². The summed E-state index contributed by atoms with van der Waals surface area (Å²) >= 11 is 3.26. The van der Waals surface area contributed by atoms with Gasteiger partial charge in [0, 0.05) is 38.5 Å². The number of hydrogen-bond acceptors (Lipinski definition) is 4. The maximum Gasteiger partial charge on any atom is 0.241 e. The molecule has 20 heavy (non-hydrogen) atoms. The maximum atomic E-state index is 12.4. The molecule has 1 aliphatic rings. The number of nitrogen functional groups attached to an aromatic ring is 1. The molecule has 0 radical (unpaired) electrons. The second kappa shape index (κ2) is 6.13. The summed E-state index contributed by atoms with van der Waals surface area (Å²) in [6, 6.07) is 3.07. The minimum Gasteiger partial charge on any atom is -0.398 e. The van der Waals surface area contributed by atoms with Crippen LogP contribution in [0.4, 0.5) is 5.69 Å². The van der Waals surface area contributed by atoms with Crippen LogP contribution in [0, 0.1) is 6.92 Å². The summed E-state index contributed by atoms with van der Waals surface area (Å²) in [5, 5.41) is 0. The van der Waals surface area contributed by atoms with E-state index in [1.807, 2.05) is 0 Å². The van der Waals surface area contributed by atoms with Crippen LogP contribution in [-0.2, 0) is 20.8 Å². The Morgan fingerprint density at radius 1 is 1.35 bits per heavy atom. The van der Waals surface area contributed by atoms with Crippen molar-refractivity contribution in [2.24, 2.45) is 0 Å². The van der Waals surface area contributed by atoms with Crippen molar-refractivity contribution in [3.63, 3.8) is 0 Å². The number of halogens is 1. The normalized spacial score (nSPS) is 23.7. The lowest BCUT2D eigenvalue weighted by atomic mass is 10.2. The van der Waals surface area contributed by atoms with Crippen LogP contribution in [0.3, 0.4) is 0 Å². The van der Waals surface area contributed by atoms with E-state index in [2.05, 4.69) is 20.7 Å². The fourth-order valence-electron chi connectivity index (χ4n) is 2.15. The van der Waals surface area contributed by atoms with Crippen molar-refractivity contribution in [3.05, 3.63) is 22.2 Å². The molecule has 1 saturated heterocycles. The SMILES string of the molecule is Cc1c(N)cc(Br)cc1S(=O)(=O)NC1CCS(=O)CC1. The molecule has 112 valence electrons. The molecule has 1 heterocycles. The zero-order chi connectivity index (χ0) is 14.9. The van der Waals surface area contributed by atoms with Crippen LogP contribution in [0.15, 0.2) is 21.5 Å². The summed E-state index contributed by atoms with van der Waals surface area (Å²) in [6.45, 7) is 1.69. The second-order valence-electron chi connectivity index (χ2n) is 4.86. The third kappa shape index (κ3) is 3.60. The maximum absolute atomic E-state index is 12.4. The highest BCUT2D eigenvalue weighted by Crippen LogP contribution is 2.26. The summed E-state index contributed by atoms with van der Waals surface area (Å²) in [5.41, 5.74) is 6.78. The Hall–Kier alpha value is -0.440. The summed E-state index contributed by atoms with van der Waals surface area (Å²) in [5.74, 6) is 1.10. The molecule has 0 atom stereocenters. The molecule has 1 aromatic carbocycles. The lowest BCUT2D eigenvalue weighted by Crippen LogP contribution is -2.39. The van der Waals surface area contributed by atoms with E-state index in [4.69, 9.17) is 5.73 Å². The highest BCUT2D eigenvalue weighted by Gasteiger charge is 2.25. The van der Waals surface area contributed by atoms with Gasteiger partial charge in [-0.1, -0.05) is 15.9 Å². The van der Waals surface area contributed by atoms with Crippen molar-refractivity contribution in [2.75, 3.05) is 17.2 Å². The molecule has 1 aromatic rings. The van der Waals surface area contributed by atoms with Crippen LogP contribution in [0.25, 0.3) is 0 Å². The second-order valence-corrected chi connectivity index (χ2v) is 9.16. The Balaban J connectivity index is 2.25. The molecule has 0 amide bonds. The average molecular weight is 381 g/mol. The lowest BCUT2D eigenvalue weighted by molar-refractivity contribution is 0.521. The molecule has 0 saturated carbocycles. The Morgan fingerprint density at radius 2 is 1.95 bits per heavy atom. The Labute approximate surface area is 130 Å². The molecule has 0 spiro atoms. The predicted octanol–water partition coefficient (Wildman–Crippen LogP) is 1.53. The van der Waals surface area contributed by atoms with E-state index in [0.29, 0.717) is 40.1 Å². The first-order valence-corrected chi connectivity index (χ1v) is 9.99. The molecule has 1 aliphatic heterocycles. The van der Waals surface area contributed by atoms with Crippen molar-refractivity contribution in [2.45, 2.75) is 30.7 Å². The number of rotatable bonds is 3. The molecular formula is C12H17BrN2O3S2. The first-order chi connectivity index (χ1) is 9.29. The van der Waals surface area contributed by atoms with Crippen molar-refractivity contribution >= 4 is 42.4 Å². The molecule has 2 rings (SSSR count). The number of hydrogen-bond donors (Lipinski definition) is 2. The number of benzene rings is 1. The van der Waals surface area contributed by atoms with Crippen LogP contribution >= 0.6 is 15.9 Å². The van der Waals surface area contributed by atoms with E-state index >= 15 is 0 Å². The van der Waals surface area contributed by atoms with Gasteiger partial charge >= 0.3 is 0 Å². The van der Waals surface area contributed by atoms with Gasteiger partial charge in [0.25, 0.3) is 0 Å². The highest BCUT2D eigenvalue weighted by atomic mass is 79.9. The number of anilines is 1. The smallest absolute Gasteiger partial charge is 0.241 e. The van der Waals surface area contributed by atoms with E-state index in [1.165, 1.54) is 0 Å². The largest absolute Gasteiger partial charge is 0.398 e. The van der Waals surface area contributed by atoms with Gasteiger partial charge in [-0.3, -0.25) is 4.21 Å². The molecule has 8 heteroatoms. The van der Waals surface area contributed by atoms with Gasteiger partial charge in [-0.25, -0.2) is 13.1 Å². The Kier molecular flexibility index (Phi) is 4.88. The van der Waals surface area contributed by atoms with Crippen molar-refractivity contribution < 1.29 is 12.6 Å². The molecular weight excluding hydrogens is 364 g/mol. The van der Waals surface area contributed by atoms with E-state index in [0.717, 1.165) is 0 Å². The molecule has 5 nitrogen and oxygen atoms in total.